The summed E-state index contributed by atoms with van der Waals surface area (Å²) in [6.07, 6.45) is -0.272. The van der Waals surface area contributed by atoms with Gasteiger partial charge in [0.2, 0.25) is 0 Å². The summed E-state index contributed by atoms with van der Waals surface area (Å²) in [4.78, 5) is 38.9. The summed E-state index contributed by atoms with van der Waals surface area (Å²) < 4.78 is 56.9. The maximum absolute atomic E-state index is 16.0. The second kappa shape index (κ2) is 17.5. The van der Waals surface area contributed by atoms with Gasteiger partial charge in [-0.3, -0.25) is 9.48 Å². The van der Waals surface area contributed by atoms with E-state index in [9.17, 15) is 22.8 Å². The standard InChI is InChI=1S/C42H44FN3O7S/c1-6-21-46-36(24-29-19-20-33(35(43)23-29)34-17-10-11-18-37(34)54(50,51)45-42(49)53-25-27(2)3)38(39(44-46)28(4)5)41(48)52-26-30-13-12-16-32(22-30)40(47)31-14-8-7-9-15-31/h7-20,22-23,27-28H,6,21,24-26H2,1-5H3,(H,45,49). The second-order valence-electron chi connectivity index (χ2n) is 13.6. The van der Waals surface area contributed by atoms with Gasteiger partial charge in [-0.05, 0) is 47.6 Å². The van der Waals surface area contributed by atoms with Crippen molar-refractivity contribution in [3.63, 3.8) is 0 Å². The molecule has 0 aliphatic carbocycles. The number of carbonyl (C=O) groups excluding carboxylic acids is 3. The molecule has 1 heterocycles. The van der Waals surface area contributed by atoms with Crippen LogP contribution >= 0.6 is 0 Å². The molecule has 1 N–H and O–H groups in total. The van der Waals surface area contributed by atoms with Crippen molar-refractivity contribution in [2.45, 2.75) is 71.4 Å². The SMILES string of the molecule is CCCn1nc(C(C)C)c(C(=O)OCc2cccc(C(=O)c3ccccc3)c2)c1Cc1ccc(-c2ccccc2S(=O)(=O)NC(=O)OCC(C)C)c(F)c1. The number of amides is 1. The molecule has 10 nitrogen and oxygen atoms in total. The van der Waals surface area contributed by atoms with Crippen LogP contribution in [0.15, 0.2) is 102 Å². The third kappa shape index (κ3) is 9.48. The molecule has 12 heteroatoms. The summed E-state index contributed by atoms with van der Waals surface area (Å²) in [5.74, 6) is -1.57. The monoisotopic (exact) mass is 753 g/mol. The van der Waals surface area contributed by atoms with Crippen LogP contribution in [0.5, 0.6) is 0 Å². The number of ketones is 1. The molecular weight excluding hydrogens is 710 g/mol. The van der Waals surface area contributed by atoms with E-state index in [-0.39, 0.29) is 53.3 Å². The minimum absolute atomic E-state index is 0.00103. The molecule has 0 unspecified atom stereocenters. The van der Waals surface area contributed by atoms with Crippen LogP contribution in [-0.2, 0) is 39.1 Å². The number of halogens is 1. The zero-order chi connectivity index (χ0) is 39.0. The first-order valence-corrected chi connectivity index (χ1v) is 19.3. The molecule has 0 atom stereocenters. The molecule has 0 aliphatic heterocycles. The molecule has 54 heavy (non-hydrogen) atoms. The minimum atomic E-state index is -4.41. The van der Waals surface area contributed by atoms with Gasteiger partial charge in [-0.1, -0.05) is 113 Å². The fourth-order valence-corrected chi connectivity index (χ4v) is 7.05. The Balaban J connectivity index is 1.41. The third-order valence-electron chi connectivity index (χ3n) is 8.50. The van der Waals surface area contributed by atoms with Gasteiger partial charge in [0.1, 0.15) is 18.0 Å². The number of carbonyl (C=O) groups is 3. The van der Waals surface area contributed by atoms with Gasteiger partial charge in [-0.25, -0.2) is 27.1 Å². The summed E-state index contributed by atoms with van der Waals surface area (Å²) in [5.41, 5.74) is 3.64. The van der Waals surface area contributed by atoms with Crippen LogP contribution in [0.4, 0.5) is 9.18 Å². The van der Waals surface area contributed by atoms with Gasteiger partial charge in [0.05, 0.1) is 22.9 Å². The van der Waals surface area contributed by atoms with E-state index in [1.165, 1.54) is 30.3 Å². The minimum Gasteiger partial charge on any atom is -0.457 e. The number of nitrogens with one attached hydrogen (secondary N) is 1. The molecule has 0 saturated heterocycles. The first kappa shape index (κ1) is 39.6. The Morgan fingerprint density at radius 2 is 1.52 bits per heavy atom. The zero-order valence-electron chi connectivity index (χ0n) is 31.0. The fourth-order valence-electron chi connectivity index (χ4n) is 5.94. The van der Waals surface area contributed by atoms with Gasteiger partial charge in [0.25, 0.3) is 10.0 Å². The molecule has 1 amide bonds. The largest absolute Gasteiger partial charge is 0.457 e. The maximum atomic E-state index is 16.0. The average Bonchev–Trinajstić information content (AvgIpc) is 3.51. The number of nitrogens with zero attached hydrogens (tertiary/aromatic N) is 2. The Morgan fingerprint density at radius 3 is 2.20 bits per heavy atom. The molecule has 5 rings (SSSR count). The molecule has 5 aromatic rings. The lowest BCUT2D eigenvalue weighted by Crippen LogP contribution is -2.32. The Kier molecular flexibility index (Phi) is 12.8. The lowest BCUT2D eigenvalue weighted by atomic mass is 9.98. The smallest absolute Gasteiger partial charge is 0.421 e. The Bertz CT molecular complexity index is 2250. The maximum Gasteiger partial charge on any atom is 0.421 e. The average molecular weight is 754 g/mol. The van der Waals surface area contributed by atoms with E-state index >= 15 is 4.39 Å². The number of ether oxygens (including phenoxy) is 2. The van der Waals surface area contributed by atoms with Gasteiger partial charge < -0.3 is 9.47 Å². The van der Waals surface area contributed by atoms with Crippen LogP contribution in [0, 0.1) is 11.7 Å². The fraction of sp³-hybridized carbons (Fsp3) is 0.286. The lowest BCUT2D eigenvalue weighted by molar-refractivity contribution is 0.0469. The highest BCUT2D eigenvalue weighted by Gasteiger charge is 2.28. The van der Waals surface area contributed by atoms with Crippen molar-refractivity contribution in [3.8, 4) is 11.1 Å². The molecule has 0 bridgehead atoms. The molecule has 1 aromatic heterocycles. The lowest BCUT2D eigenvalue weighted by Gasteiger charge is -2.14. The van der Waals surface area contributed by atoms with Crippen LogP contribution in [0.2, 0.25) is 0 Å². The van der Waals surface area contributed by atoms with Gasteiger partial charge >= 0.3 is 12.1 Å². The van der Waals surface area contributed by atoms with E-state index in [1.807, 2.05) is 45.4 Å². The number of aryl methyl sites for hydroxylation is 1. The summed E-state index contributed by atoms with van der Waals surface area (Å²) in [7, 11) is -4.41. The first-order valence-electron chi connectivity index (χ1n) is 17.8. The second-order valence-corrected chi connectivity index (χ2v) is 15.3. The molecular formula is C42H44FN3O7S. The molecule has 282 valence electrons. The summed E-state index contributed by atoms with van der Waals surface area (Å²) >= 11 is 0. The predicted molar refractivity (Wildman–Crippen MR) is 203 cm³/mol. The van der Waals surface area contributed by atoms with E-state index in [0.29, 0.717) is 45.7 Å². The number of sulfonamides is 1. The quantitative estimate of drug-likeness (QED) is 0.0832. The van der Waals surface area contributed by atoms with Crippen molar-refractivity contribution < 1.29 is 36.7 Å². The highest BCUT2D eigenvalue weighted by Crippen LogP contribution is 2.32. The van der Waals surface area contributed by atoms with Crippen LogP contribution < -0.4 is 4.72 Å². The number of rotatable bonds is 15. The van der Waals surface area contributed by atoms with Gasteiger partial charge in [0.15, 0.2) is 5.78 Å². The van der Waals surface area contributed by atoms with Crippen molar-refractivity contribution in [2.24, 2.45) is 5.92 Å². The Morgan fingerprint density at radius 1 is 0.815 bits per heavy atom. The molecule has 0 fully saturated rings. The predicted octanol–water partition coefficient (Wildman–Crippen LogP) is 8.47. The van der Waals surface area contributed by atoms with Gasteiger partial charge in [-0.2, -0.15) is 5.10 Å². The number of hydrogen-bond acceptors (Lipinski definition) is 8. The molecule has 0 radical (unpaired) electrons. The number of esters is 1. The van der Waals surface area contributed by atoms with E-state index in [1.54, 1.807) is 65.3 Å². The molecule has 4 aromatic carbocycles. The van der Waals surface area contributed by atoms with Crippen molar-refractivity contribution >= 4 is 27.9 Å². The Hall–Kier alpha value is -5.62. The molecule has 0 spiro atoms. The number of hydrogen-bond donors (Lipinski definition) is 1. The van der Waals surface area contributed by atoms with Gasteiger partial charge in [0, 0.05) is 35.2 Å². The van der Waals surface area contributed by atoms with Crippen molar-refractivity contribution in [2.75, 3.05) is 6.61 Å². The van der Waals surface area contributed by atoms with E-state index in [2.05, 4.69) is 0 Å². The van der Waals surface area contributed by atoms with Crippen LogP contribution in [0.3, 0.4) is 0 Å². The Labute approximate surface area is 315 Å². The van der Waals surface area contributed by atoms with Crippen molar-refractivity contribution in [3.05, 3.63) is 142 Å². The van der Waals surface area contributed by atoms with E-state index in [0.717, 1.165) is 6.42 Å². The number of aromatic nitrogens is 2. The van der Waals surface area contributed by atoms with E-state index < -0.39 is 27.9 Å². The topological polar surface area (TPSA) is 134 Å². The first-order chi connectivity index (χ1) is 25.8. The van der Waals surface area contributed by atoms with Gasteiger partial charge in [-0.15, -0.1) is 0 Å². The van der Waals surface area contributed by atoms with Crippen LogP contribution in [0.1, 0.15) is 95.8 Å². The zero-order valence-corrected chi connectivity index (χ0v) is 31.8. The highest BCUT2D eigenvalue weighted by atomic mass is 32.2. The number of benzene rings is 4. The van der Waals surface area contributed by atoms with E-state index in [4.69, 9.17) is 14.6 Å². The van der Waals surface area contributed by atoms with Crippen molar-refractivity contribution in [1.29, 1.82) is 0 Å². The summed E-state index contributed by atoms with van der Waals surface area (Å²) in [5, 5.41) is 4.78. The summed E-state index contributed by atoms with van der Waals surface area (Å²) in [6, 6.07) is 26.1. The normalized spacial score (nSPS) is 11.5. The summed E-state index contributed by atoms with van der Waals surface area (Å²) in [6.45, 7) is 9.92. The molecule has 0 saturated carbocycles. The third-order valence-corrected chi connectivity index (χ3v) is 9.87. The van der Waals surface area contributed by atoms with Crippen molar-refractivity contribution in [1.82, 2.24) is 14.5 Å². The molecule has 0 aliphatic rings. The highest BCUT2D eigenvalue weighted by molar-refractivity contribution is 7.90. The van der Waals surface area contributed by atoms with Crippen LogP contribution in [0.25, 0.3) is 11.1 Å². The van der Waals surface area contributed by atoms with Crippen LogP contribution in [-0.4, -0.2) is 42.7 Å².